The molecule has 0 saturated heterocycles. The molecule has 0 radical (unpaired) electrons. The molecule has 0 aliphatic rings. The maximum atomic E-state index is 12.9. The van der Waals surface area contributed by atoms with Gasteiger partial charge in [0, 0.05) is 29.4 Å². The number of carbonyl (C=O) groups excluding carboxylic acids is 1. The molecule has 19 heavy (non-hydrogen) atoms. The summed E-state index contributed by atoms with van der Waals surface area (Å²) >= 11 is 0. The highest BCUT2D eigenvalue weighted by atomic mass is 19.1. The summed E-state index contributed by atoms with van der Waals surface area (Å²) in [6.45, 7) is 0. The molecule has 4 nitrogen and oxygen atoms in total. The molecule has 0 aliphatic heterocycles. The van der Waals surface area contributed by atoms with Crippen LogP contribution in [-0.2, 0) is 0 Å². The Morgan fingerprint density at radius 3 is 2.53 bits per heavy atom. The fourth-order valence-electron chi connectivity index (χ4n) is 1.50. The average molecular weight is 264 g/mol. The lowest BCUT2D eigenvalue weighted by Gasteiger charge is -2.07. The van der Waals surface area contributed by atoms with Crippen LogP contribution in [0.3, 0.4) is 0 Å². The van der Waals surface area contributed by atoms with Gasteiger partial charge in [0.2, 0.25) is 11.9 Å². The van der Waals surface area contributed by atoms with Gasteiger partial charge in [0.15, 0.2) is 0 Å². The van der Waals surface area contributed by atoms with Gasteiger partial charge >= 0.3 is 0 Å². The van der Waals surface area contributed by atoms with Crippen molar-refractivity contribution in [3.05, 3.63) is 53.9 Å². The number of pyridine rings is 1. The van der Waals surface area contributed by atoms with Crippen molar-refractivity contribution in [2.75, 3.05) is 12.4 Å². The average Bonchev–Trinajstić information content (AvgIpc) is 2.37. The Kier molecular flexibility index (Phi) is 3.70. The SMILES string of the molecule is COc1cccc(NC(=O)c2cc(F)nc(F)c2)c1. The predicted molar refractivity (Wildman–Crippen MR) is 65.1 cm³/mol. The number of carbonyl (C=O) groups is 1. The summed E-state index contributed by atoms with van der Waals surface area (Å²) in [5, 5.41) is 2.51. The summed E-state index contributed by atoms with van der Waals surface area (Å²) in [7, 11) is 1.49. The zero-order chi connectivity index (χ0) is 13.8. The molecule has 0 unspecified atom stereocenters. The van der Waals surface area contributed by atoms with Gasteiger partial charge in [-0.1, -0.05) is 6.07 Å². The second-order valence-electron chi connectivity index (χ2n) is 3.69. The highest BCUT2D eigenvalue weighted by molar-refractivity contribution is 6.04. The summed E-state index contributed by atoms with van der Waals surface area (Å²) in [5.41, 5.74) is 0.315. The first-order chi connectivity index (χ1) is 9.08. The Bertz CT molecular complexity index is 597. The van der Waals surface area contributed by atoms with Gasteiger partial charge in [-0.05, 0) is 12.1 Å². The maximum absolute atomic E-state index is 12.9. The van der Waals surface area contributed by atoms with Crippen LogP contribution in [0.1, 0.15) is 10.4 Å². The number of amides is 1. The molecule has 1 heterocycles. The number of aromatic nitrogens is 1. The Hall–Kier alpha value is -2.50. The van der Waals surface area contributed by atoms with E-state index in [2.05, 4.69) is 10.3 Å². The fraction of sp³-hybridized carbons (Fsp3) is 0.0769. The van der Waals surface area contributed by atoms with E-state index in [9.17, 15) is 13.6 Å². The number of methoxy groups -OCH3 is 1. The molecule has 2 aromatic rings. The summed E-state index contributed by atoms with van der Waals surface area (Å²) < 4.78 is 30.8. The second kappa shape index (κ2) is 5.43. The number of ether oxygens (including phenoxy) is 1. The number of nitrogens with one attached hydrogen (secondary N) is 1. The monoisotopic (exact) mass is 264 g/mol. The molecule has 98 valence electrons. The molecule has 1 N–H and O–H groups in total. The van der Waals surface area contributed by atoms with Crippen LogP contribution in [0, 0.1) is 11.9 Å². The number of hydrogen-bond donors (Lipinski definition) is 1. The first-order valence-electron chi connectivity index (χ1n) is 5.37. The van der Waals surface area contributed by atoms with Crippen LogP contribution >= 0.6 is 0 Å². The highest BCUT2D eigenvalue weighted by Gasteiger charge is 2.10. The van der Waals surface area contributed by atoms with Crippen LogP contribution in [0.15, 0.2) is 36.4 Å². The molecule has 0 saturated carbocycles. The fourth-order valence-corrected chi connectivity index (χ4v) is 1.50. The minimum Gasteiger partial charge on any atom is -0.497 e. The van der Waals surface area contributed by atoms with Crippen molar-refractivity contribution >= 4 is 11.6 Å². The van der Waals surface area contributed by atoms with Gasteiger partial charge in [0.05, 0.1) is 7.11 Å². The predicted octanol–water partition coefficient (Wildman–Crippen LogP) is 2.62. The van der Waals surface area contributed by atoms with Crippen LogP contribution in [0.4, 0.5) is 14.5 Å². The van der Waals surface area contributed by atoms with Crippen molar-refractivity contribution in [2.45, 2.75) is 0 Å². The van der Waals surface area contributed by atoms with Gasteiger partial charge in [-0.2, -0.15) is 13.8 Å². The second-order valence-corrected chi connectivity index (χ2v) is 3.69. The van der Waals surface area contributed by atoms with Crippen LogP contribution in [0.2, 0.25) is 0 Å². The number of benzene rings is 1. The zero-order valence-electron chi connectivity index (χ0n) is 9.98. The molecule has 1 amide bonds. The normalized spacial score (nSPS) is 10.1. The Morgan fingerprint density at radius 1 is 1.21 bits per heavy atom. The van der Waals surface area contributed by atoms with Gasteiger partial charge in [-0.3, -0.25) is 4.79 Å². The van der Waals surface area contributed by atoms with E-state index in [-0.39, 0.29) is 5.56 Å². The smallest absolute Gasteiger partial charge is 0.255 e. The number of rotatable bonds is 3. The molecular formula is C13H10F2N2O2. The van der Waals surface area contributed by atoms with Crippen molar-refractivity contribution < 1.29 is 18.3 Å². The number of anilines is 1. The van der Waals surface area contributed by atoms with Crippen molar-refractivity contribution in [1.82, 2.24) is 4.98 Å². The van der Waals surface area contributed by atoms with E-state index in [0.717, 1.165) is 12.1 Å². The largest absolute Gasteiger partial charge is 0.497 e. The van der Waals surface area contributed by atoms with E-state index in [0.29, 0.717) is 11.4 Å². The molecule has 0 bridgehead atoms. The molecule has 0 aliphatic carbocycles. The summed E-state index contributed by atoms with van der Waals surface area (Å²) in [6.07, 6.45) is 0. The first-order valence-corrected chi connectivity index (χ1v) is 5.37. The quantitative estimate of drug-likeness (QED) is 0.867. The van der Waals surface area contributed by atoms with E-state index in [1.54, 1.807) is 24.3 Å². The van der Waals surface area contributed by atoms with Crippen LogP contribution < -0.4 is 10.1 Å². The lowest BCUT2D eigenvalue weighted by molar-refractivity contribution is 0.102. The third-order valence-corrected chi connectivity index (χ3v) is 2.35. The van der Waals surface area contributed by atoms with Crippen molar-refractivity contribution in [1.29, 1.82) is 0 Å². The Morgan fingerprint density at radius 2 is 1.89 bits per heavy atom. The number of halogens is 2. The standard InChI is InChI=1S/C13H10F2N2O2/c1-19-10-4-2-3-9(7-10)16-13(18)8-5-11(14)17-12(15)6-8/h2-7H,1H3,(H,16,18). The molecule has 0 spiro atoms. The molecule has 1 aromatic heterocycles. The van der Waals surface area contributed by atoms with Gasteiger partial charge in [0.25, 0.3) is 5.91 Å². The third-order valence-electron chi connectivity index (χ3n) is 2.35. The van der Waals surface area contributed by atoms with E-state index in [1.165, 1.54) is 7.11 Å². The lowest BCUT2D eigenvalue weighted by Crippen LogP contribution is -2.13. The summed E-state index contributed by atoms with van der Waals surface area (Å²) in [5.74, 6) is -2.16. The van der Waals surface area contributed by atoms with Crippen LogP contribution in [0.25, 0.3) is 0 Å². The molecular weight excluding hydrogens is 254 g/mol. The van der Waals surface area contributed by atoms with E-state index < -0.39 is 17.8 Å². The Labute approximate surface area is 108 Å². The summed E-state index contributed by atoms with van der Waals surface area (Å²) in [4.78, 5) is 14.7. The molecule has 1 aromatic carbocycles. The minimum absolute atomic E-state index is 0.146. The molecule has 2 rings (SSSR count). The molecule has 6 heteroatoms. The molecule has 0 fully saturated rings. The van der Waals surface area contributed by atoms with E-state index in [4.69, 9.17) is 4.74 Å². The highest BCUT2D eigenvalue weighted by Crippen LogP contribution is 2.17. The Balaban J connectivity index is 2.20. The van der Waals surface area contributed by atoms with Gasteiger partial charge < -0.3 is 10.1 Å². The van der Waals surface area contributed by atoms with Crippen molar-refractivity contribution in [3.8, 4) is 5.75 Å². The number of nitrogens with zero attached hydrogens (tertiary/aromatic N) is 1. The van der Waals surface area contributed by atoms with Crippen molar-refractivity contribution in [3.63, 3.8) is 0 Å². The first kappa shape index (κ1) is 12.9. The zero-order valence-corrected chi connectivity index (χ0v) is 9.98. The topological polar surface area (TPSA) is 51.2 Å². The number of hydrogen-bond acceptors (Lipinski definition) is 3. The van der Waals surface area contributed by atoms with Gasteiger partial charge in [-0.25, -0.2) is 0 Å². The van der Waals surface area contributed by atoms with Crippen molar-refractivity contribution in [2.24, 2.45) is 0 Å². The van der Waals surface area contributed by atoms with E-state index >= 15 is 0 Å². The molecule has 0 atom stereocenters. The third kappa shape index (κ3) is 3.25. The maximum Gasteiger partial charge on any atom is 0.255 e. The van der Waals surface area contributed by atoms with Gasteiger partial charge in [0.1, 0.15) is 5.75 Å². The minimum atomic E-state index is -1.05. The van der Waals surface area contributed by atoms with Crippen LogP contribution in [-0.4, -0.2) is 18.0 Å². The van der Waals surface area contributed by atoms with Crippen LogP contribution in [0.5, 0.6) is 5.75 Å². The lowest BCUT2D eigenvalue weighted by atomic mass is 10.2. The van der Waals surface area contributed by atoms with E-state index in [1.807, 2.05) is 0 Å². The summed E-state index contributed by atoms with van der Waals surface area (Å²) in [6, 6.07) is 8.33. The van der Waals surface area contributed by atoms with Gasteiger partial charge in [-0.15, -0.1) is 0 Å².